The van der Waals surface area contributed by atoms with Crippen molar-refractivity contribution in [1.82, 2.24) is 9.88 Å². The number of aromatic nitrogens is 1. The number of halogens is 1. The van der Waals surface area contributed by atoms with Gasteiger partial charge in [-0.3, -0.25) is 9.59 Å². The molecule has 0 unspecified atom stereocenters. The molecule has 0 saturated heterocycles. The number of Topliss-reactive ketones (excluding diaryl/α,β-unsaturated/α-hetero) is 1. The van der Waals surface area contributed by atoms with E-state index in [4.69, 9.17) is 10.2 Å². The van der Waals surface area contributed by atoms with Crippen molar-refractivity contribution in [3.05, 3.63) is 53.8 Å². The molecule has 31 heavy (non-hydrogen) atoms. The zero-order chi connectivity index (χ0) is 22.0. The number of carbonyl (C=O) groups excluding carboxylic acids is 2. The van der Waals surface area contributed by atoms with Crippen molar-refractivity contribution in [1.29, 1.82) is 0 Å². The average molecular weight is 423 g/mol. The molecule has 0 radical (unpaired) electrons. The third-order valence-electron chi connectivity index (χ3n) is 5.69. The maximum absolute atomic E-state index is 13.4. The Kier molecular flexibility index (Phi) is 5.87. The molecule has 0 atom stereocenters. The predicted octanol–water partition coefficient (Wildman–Crippen LogP) is 4.33. The molecule has 2 aromatic carbocycles. The van der Waals surface area contributed by atoms with E-state index >= 15 is 0 Å². The van der Waals surface area contributed by atoms with Crippen LogP contribution in [0.3, 0.4) is 0 Å². The lowest BCUT2D eigenvalue weighted by atomic mass is 10.1. The molecule has 3 aromatic rings. The summed E-state index contributed by atoms with van der Waals surface area (Å²) in [5.74, 6) is 0.0141. The van der Waals surface area contributed by atoms with Crippen LogP contribution in [0.2, 0.25) is 0 Å². The predicted molar refractivity (Wildman–Crippen MR) is 116 cm³/mol. The lowest BCUT2D eigenvalue weighted by molar-refractivity contribution is -0.121. The molecule has 7 heteroatoms. The molecule has 1 aliphatic carbocycles. The highest BCUT2D eigenvalue weighted by molar-refractivity contribution is 5.95. The minimum atomic E-state index is -0.605. The number of benzene rings is 2. The summed E-state index contributed by atoms with van der Waals surface area (Å²) in [6.07, 6.45) is 3.38. The van der Waals surface area contributed by atoms with Crippen LogP contribution in [0.25, 0.3) is 22.6 Å². The van der Waals surface area contributed by atoms with Crippen LogP contribution in [-0.4, -0.2) is 40.2 Å². The number of nitrogens with two attached hydrogens (primary N) is 1. The van der Waals surface area contributed by atoms with E-state index in [1.165, 1.54) is 12.1 Å². The molecule has 1 aliphatic rings. The molecule has 0 spiro atoms. The zero-order valence-electron chi connectivity index (χ0n) is 17.6. The van der Waals surface area contributed by atoms with E-state index in [9.17, 15) is 14.0 Å². The highest BCUT2D eigenvalue weighted by atomic mass is 19.1. The number of hydrogen-bond donors (Lipinski definition) is 1. The van der Waals surface area contributed by atoms with Gasteiger partial charge in [0.25, 0.3) is 5.91 Å². The van der Waals surface area contributed by atoms with Crippen LogP contribution in [0.5, 0.6) is 0 Å². The second-order valence-corrected chi connectivity index (χ2v) is 8.18. The normalized spacial score (nSPS) is 14.5. The lowest BCUT2D eigenvalue weighted by Gasteiger charge is -2.22. The Labute approximate surface area is 180 Å². The molecule has 6 nitrogen and oxygen atoms in total. The quantitative estimate of drug-likeness (QED) is 0.553. The maximum atomic E-state index is 13.4. The van der Waals surface area contributed by atoms with Gasteiger partial charge in [0.15, 0.2) is 11.4 Å². The molecule has 1 aromatic heterocycles. The van der Waals surface area contributed by atoms with Crippen LogP contribution < -0.4 is 5.73 Å². The first-order chi connectivity index (χ1) is 14.9. The Hall–Kier alpha value is -3.06. The van der Waals surface area contributed by atoms with Crippen LogP contribution in [0.15, 0.2) is 46.9 Å². The molecule has 1 fully saturated rings. The van der Waals surface area contributed by atoms with Crippen molar-refractivity contribution in [2.45, 2.75) is 44.6 Å². The van der Waals surface area contributed by atoms with E-state index in [0.29, 0.717) is 54.0 Å². The summed E-state index contributed by atoms with van der Waals surface area (Å²) >= 11 is 0. The van der Waals surface area contributed by atoms with Gasteiger partial charge in [-0.05, 0) is 62.1 Å². The van der Waals surface area contributed by atoms with Gasteiger partial charge >= 0.3 is 0 Å². The van der Waals surface area contributed by atoms with Gasteiger partial charge in [0.1, 0.15) is 11.3 Å². The first-order valence-electron chi connectivity index (χ1n) is 10.7. The summed E-state index contributed by atoms with van der Waals surface area (Å²) in [7, 11) is 0. The van der Waals surface area contributed by atoms with Crippen molar-refractivity contribution in [3.8, 4) is 11.5 Å². The molecule has 4 rings (SSSR count). The molecule has 162 valence electrons. The highest BCUT2D eigenvalue weighted by Gasteiger charge is 2.44. The van der Waals surface area contributed by atoms with Crippen LogP contribution in [0.4, 0.5) is 4.39 Å². The van der Waals surface area contributed by atoms with Crippen LogP contribution in [-0.2, 0) is 4.79 Å². The number of carbonyl (C=O) groups is 2. The number of ketones is 1. The molecule has 1 amide bonds. The van der Waals surface area contributed by atoms with Crippen molar-refractivity contribution in [3.63, 3.8) is 0 Å². The Morgan fingerprint density at radius 2 is 1.90 bits per heavy atom. The fourth-order valence-electron chi connectivity index (χ4n) is 3.64. The molecule has 0 bridgehead atoms. The van der Waals surface area contributed by atoms with Crippen molar-refractivity contribution >= 4 is 22.8 Å². The molecule has 2 N–H and O–H groups in total. The van der Waals surface area contributed by atoms with Gasteiger partial charge in [-0.25, -0.2) is 9.37 Å². The molecule has 1 heterocycles. The van der Waals surface area contributed by atoms with Crippen molar-refractivity contribution in [2.75, 3.05) is 13.1 Å². The number of amides is 1. The summed E-state index contributed by atoms with van der Waals surface area (Å²) in [4.78, 5) is 31.2. The van der Waals surface area contributed by atoms with Gasteiger partial charge < -0.3 is 15.1 Å². The smallest absolute Gasteiger partial charge is 0.253 e. The largest absolute Gasteiger partial charge is 0.436 e. The summed E-state index contributed by atoms with van der Waals surface area (Å²) in [5, 5.41) is 0. The van der Waals surface area contributed by atoms with Crippen LogP contribution in [0, 0.1) is 5.82 Å². The van der Waals surface area contributed by atoms with Gasteiger partial charge in [-0.15, -0.1) is 0 Å². The third-order valence-corrected chi connectivity index (χ3v) is 5.69. The minimum Gasteiger partial charge on any atom is -0.436 e. The lowest BCUT2D eigenvalue weighted by Crippen LogP contribution is -2.35. The topological polar surface area (TPSA) is 89.4 Å². The van der Waals surface area contributed by atoms with Gasteiger partial charge in [0.2, 0.25) is 5.89 Å². The van der Waals surface area contributed by atoms with Crippen molar-refractivity contribution < 1.29 is 18.4 Å². The first kappa shape index (κ1) is 21.2. The van der Waals surface area contributed by atoms with Gasteiger partial charge in [0.05, 0.1) is 5.54 Å². The number of oxazole rings is 1. The summed E-state index contributed by atoms with van der Waals surface area (Å²) in [5.41, 5.74) is 7.56. The van der Waals surface area contributed by atoms with E-state index in [-0.39, 0.29) is 17.5 Å². The number of fused-ring (bicyclic) bond motifs is 1. The van der Waals surface area contributed by atoms with E-state index in [2.05, 4.69) is 4.98 Å². The molecule has 1 saturated carbocycles. The van der Waals surface area contributed by atoms with E-state index in [1.54, 1.807) is 35.2 Å². The average Bonchev–Trinajstić information content (AvgIpc) is 3.38. The SMILES string of the molecule is CCCN(CCCC(=O)C1(N)CC1)C(=O)c1ccc(-c2nc3ccc(F)cc3o2)cc1. The van der Waals surface area contributed by atoms with E-state index in [0.717, 1.165) is 19.3 Å². The van der Waals surface area contributed by atoms with E-state index < -0.39 is 5.54 Å². The van der Waals surface area contributed by atoms with Crippen LogP contribution in [0.1, 0.15) is 49.4 Å². The fraction of sp³-hybridized carbons (Fsp3) is 0.375. The fourth-order valence-corrected chi connectivity index (χ4v) is 3.64. The summed E-state index contributed by atoms with van der Waals surface area (Å²) in [6.45, 7) is 3.16. The number of rotatable bonds is 9. The minimum absolute atomic E-state index is 0.0747. The Morgan fingerprint density at radius 3 is 2.58 bits per heavy atom. The Morgan fingerprint density at radius 1 is 1.16 bits per heavy atom. The van der Waals surface area contributed by atoms with Crippen LogP contribution >= 0.6 is 0 Å². The molecular weight excluding hydrogens is 397 g/mol. The second-order valence-electron chi connectivity index (χ2n) is 8.18. The molecule has 0 aliphatic heterocycles. The maximum Gasteiger partial charge on any atom is 0.253 e. The zero-order valence-corrected chi connectivity index (χ0v) is 17.6. The summed E-state index contributed by atoms with van der Waals surface area (Å²) in [6, 6.07) is 11.2. The first-order valence-corrected chi connectivity index (χ1v) is 10.7. The second kappa shape index (κ2) is 8.59. The third kappa shape index (κ3) is 4.66. The monoisotopic (exact) mass is 423 g/mol. The highest BCUT2D eigenvalue weighted by Crippen LogP contribution is 2.34. The van der Waals surface area contributed by atoms with E-state index in [1.807, 2.05) is 6.92 Å². The van der Waals surface area contributed by atoms with Gasteiger partial charge in [-0.1, -0.05) is 6.92 Å². The number of nitrogens with zero attached hydrogens (tertiary/aromatic N) is 2. The number of hydrogen-bond acceptors (Lipinski definition) is 5. The summed E-state index contributed by atoms with van der Waals surface area (Å²) < 4.78 is 19.0. The Bertz CT molecular complexity index is 1100. The standard InChI is InChI=1S/C24H26FN3O3/c1-2-13-28(14-3-4-21(29)24(26)11-12-24)23(30)17-7-5-16(6-8-17)22-27-19-10-9-18(25)15-20(19)31-22/h5-10,15H,2-4,11-14,26H2,1H3. The van der Waals surface area contributed by atoms with Gasteiger partial charge in [-0.2, -0.15) is 0 Å². The van der Waals surface area contributed by atoms with Crippen molar-refractivity contribution in [2.24, 2.45) is 5.73 Å². The molecular formula is C24H26FN3O3. The Balaban J connectivity index is 1.42. The van der Waals surface area contributed by atoms with Gasteiger partial charge in [0, 0.05) is 36.7 Å².